The minimum atomic E-state index is -0.416. The molecule has 1 rings (SSSR count). The van der Waals surface area contributed by atoms with Crippen molar-refractivity contribution in [1.82, 2.24) is 9.88 Å². The highest BCUT2D eigenvalue weighted by molar-refractivity contribution is 5.61. The van der Waals surface area contributed by atoms with Gasteiger partial charge in [0, 0.05) is 25.7 Å². The second kappa shape index (κ2) is 7.61. The number of hydrogen-bond acceptors (Lipinski definition) is 7. The molecular formula is C12H22N6O2. The zero-order valence-electron chi connectivity index (χ0n) is 12.2. The molecule has 8 heteroatoms. The van der Waals surface area contributed by atoms with Gasteiger partial charge in [0.15, 0.2) is 0 Å². The van der Waals surface area contributed by atoms with Crippen molar-refractivity contribution in [3.63, 3.8) is 0 Å². The number of nitro groups is 1. The van der Waals surface area contributed by atoms with Crippen molar-refractivity contribution in [3.8, 4) is 0 Å². The molecule has 20 heavy (non-hydrogen) atoms. The first-order valence-electron chi connectivity index (χ1n) is 6.51. The minimum Gasteiger partial charge on any atom is -0.350 e. The van der Waals surface area contributed by atoms with E-state index < -0.39 is 4.92 Å². The summed E-state index contributed by atoms with van der Waals surface area (Å²) in [4.78, 5) is 18.9. The van der Waals surface area contributed by atoms with Crippen LogP contribution in [0.3, 0.4) is 0 Å². The molecule has 0 radical (unpaired) electrons. The maximum absolute atomic E-state index is 11.1. The van der Waals surface area contributed by atoms with Crippen LogP contribution < -0.4 is 16.2 Å². The molecule has 1 aromatic rings. The van der Waals surface area contributed by atoms with Crippen LogP contribution in [0.1, 0.15) is 13.3 Å². The Labute approximate surface area is 118 Å². The van der Waals surface area contributed by atoms with Gasteiger partial charge >= 0.3 is 5.69 Å². The number of nitrogen functional groups attached to an aromatic ring is 1. The summed E-state index contributed by atoms with van der Waals surface area (Å²) >= 11 is 0. The molecule has 0 amide bonds. The van der Waals surface area contributed by atoms with E-state index in [1.807, 2.05) is 30.8 Å². The Kier molecular flexibility index (Phi) is 6.13. The highest BCUT2D eigenvalue weighted by Gasteiger charge is 2.21. The van der Waals surface area contributed by atoms with Gasteiger partial charge in [-0.05, 0) is 26.6 Å². The Hall–Kier alpha value is -1.93. The molecule has 0 aliphatic heterocycles. The molecule has 0 bridgehead atoms. The van der Waals surface area contributed by atoms with E-state index >= 15 is 0 Å². The monoisotopic (exact) mass is 282 g/mol. The molecule has 0 atom stereocenters. The van der Waals surface area contributed by atoms with Gasteiger partial charge in [0.2, 0.25) is 5.82 Å². The molecule has 0 saturated heterocycles. The summed E-state index contributed by atoms with van der Waals surface area (Å²) in [5, 5.41) is 11.1. The summed E-state index contributed by atoms with van der Waals surface area (Å²) < 4.78 is 0. The Bertz CT molecular complexity index is 452. The molecule has 0 fully saturated rings. The molecule has 1 heterocycles. The number of aromatic nitrogens is 1. The lowest BCUT2D eigenvalue weighted by atomic mass is 10.3. The average Bonchev–Trinajstić information content (AvgIpc) is 2.42. The van der Waals surface area contributed by atoms with E-state index in [1.165, 1.54) is 12.1 Å². The second-order valence-electron chi connectivity index (χ2n) is 4.73. The van der Waals surface area contributed by atoms with Crippen molar-refractivity contribution in [3.05, 3.63) is 22.2 Å². The second-order valence-corrected chi connectivity index (χ2v) is 4.73. The maximum atomic E-state index is 11.1. The minimum absolute atomic E-state index is 0.00351. The van der Waals surface area contributed by atoms with Crippen LogP contribution in [0.4, 0.5) is 17.3 Å². The molecule has 0 aliphatic rings. The highest BCUT2D eigenvalue weighted by atomic mass is 16.6. The summed E-state index contributed by atoms with van der Waals surface area (Å²) in [5.74, 6) is 6.10. The average molecular weight is 282 g/mol. The number of rotatable bonds is 8. The summed E-state index contributed by atoms with van der Waals surface area (Å²) in [6.45, 7) is 4.19. The Morgan fingerprint density at radius 1 is 1.35 bits per heavy atom. The van der Waals surface area contributed by atoms with Crippen molar-refractivity contribution in [2.45, 2.75) is 13.3 Å². The van der Waals surface area contributed by atoms with Crippen molar-refractivity contribution < 1.29 is 4.92 Å². The third-order valence-corrected chi connectivity index (χ3v) is 2.81. The largest absolute Gasteiger partial charge is 0.350 e. The Morgan fingerprint density at radius 2 is 2.05 bits per heavy atom. The van der Waals surface area contributed by atoms with Gasteiger partial charge in [-0.2, -0.15) is 0 Å². The van der Waals surface area contributed by atoms with E-state index in [0.717, 1.165) is 13.0 Å². The first-order valence-corrected chi connectivity index (χ1v) is 6.51. The van der Waals surface area contributed by atoms with Gasteiger partial charge in [-0.3, -0.25) is 10.1 Å². The van der Waals surface area contributed by atoms with E-state index in [9.17, 15) is 10.1 Å². The van der Waals surface area contributed by atoms with Gasteiger partial charge in [-0.25, -0.2) is 10.8 Å². The molecule has 0 aliphatic carbocycles. The predicted octanol–water partition coefficient (Wildman–Crippen LogP) is 1.05. The first-order chi connectivity index (χ1) is 9.49. The standard InChI is InChI=1S/C12H22N6O2/c1-4-7-17(9-8-16(2)3)12-10(18(19)20)5-6-11(14-12)15-13/h5-6H,4,7-9,13H2,1-3H3,(H,14,15). The van der Waals surface area contributed by atoms with Gasteiger partial charge in [0.1, 0.15) is 5.82 Å². The van der Waals surface area contributed by atoms with Gasteiger partial charge in [0.05, 0.1) is 4.92 Å². The normalized spacial score (nSPS) is 10.7. The lowest BCUT2D eigenvalue weighted by Gasteiger charge is -2.24. The number of nitrogens with zero attached hydrogens (tertiary/aromatic N) is 4. The van der Waals surface area contributed by atoms with Crippen LogP contribution in [0.2, 0.25) is 0 Å². The van der Waals surface area contributed by atoms with Gasteiger partial charge in [0.25, 0.3) is 0 Å². The van der Waals surface area contributed by atoms with Crippen LogP contribution in [-0.2, 0) is 0 Å². The lowest BCUT2D eigenvalue weighted by Crippen LogP contribution is -2.33. The first kappa shape index (κ1) is 16.1. The fraction of sp³-hybridized carbons (Fsp3) is 0.583. The zero-order valence-corrected chi connectivity index (χ0v) is 12.2. The van der Waals surface area contributed by atoms with E-state index in [-0.39, 0.29) is 5.69 Å². The number of hydrazine groups is 1. The van der Waals surface area contributed by atoms with E-state index in [4.69, 9.17) is 5.84 Å². The fourth-order valence-electron chi connectivity index (χ4n) is 1.81. The van der Waals surface area contributed by atoms with Crippen molar-refractivity contribution in [2.75, 3.05) is 44.1 Å². The van der Waals surface area contributed by atoms with Crippen LogP contribution in [0.15, 0.2) is 12.1 Å². The molecule has 0 spiro atoms. The summed E-state index contributed by atoms with van der Waals surface area (Å²) in [5.41, 5.74) is 2.42. The number of pyridine rings is 1. The summed E-state index contributed by atoms with van der Waals surface area (Å²) in [6.07, 6.45) is 0.881. The van der Waals surface area contributed by atoms with Crippen LogP contribution in [0.5, 0.6) is 0 Å². The predicted molar refractivity (Wildman–Crippen MR) is 79.8 cm³/mol. The number of nitrogens with one attached hydrogen (secondary N) is 1. The molecule has 0 unspecified atom stereocenters. The zero-order chi connectivity index (χ0) is 15.1. The van der Waals surface area contributed by atoms with Gasteiger partial charge in [-0.1, -0.05) is 6.92 Å². The SMILES string of the molecule is CCCN(CCN(C)C)c1nc(NN)ccc1[N+](=O)[O-]. The van der Waals surface area contributed by atoms with E-state index in [1.54, 1.807) is 0 Å². The van der Waals surface area contributed by atoms with Gasteiger partial charge < -0.3 is 15.2 Å². The van der Waals surface area contributed by atoms with Crippen LogP contribution >= 0.6 is 0 Å². The van der Waals surface area contributed by atoms with Crippen LogP contribution in [0, 0.1) is 10.1 Å². The number of anilines is 2. The fourth-order valence-corrected chi connectivity index (χ4v) is 1.81. The molecule has 0 saturated carbocycles. The number of likely N-dealkylation sites (N-methyl/N-ethyl adjacent to an activating group) is 1. The quantitative estimate of drug-likeness (QED) is 0.417. The molecule has 112 valence electrons. The van der Waals surface area contributed by atoms with Crippen molar-refractivity contribution in [1.29, 1.82) is 0 Å². The Balaban J connectivity index is 3.10. The van der Waals surface area contributed by atoms with Gasteiger partial charge in [-0.15, -0.1) is 0 Å². The maximum Gasteiger partial charge on any atom is 0.311 e. The highest BCUT2D eigenvalue weighted by Crippen LogP contribution is 2.27. The number of nitrogens with two attached hydrogens (primary N) is 1. The third-order valence-electron chi connectivity index (χ3n) is 2.81. The molecule has 8 nitrogen and oxygen atoms in total. The van der Waals surface area contributed by atoms with Crippen molar-refractivity contribution in [2.24, 2.45) is 5.84 Å². The topological polar surface area (TPSA) is 101 Å². The smallest absolute Gasteiger partial charge is 0.311 e. The summed E-state index contributed by atoms with van der Waals surface area (Å²) in [7, 11) is 3.92. The Morgan fingerprint density at radius 3 is 2.55 bits per heavy atom. The van der Waals surface area contributed by atoms with Crippen LogP contribution in [0.25, 0.3) is 0 Å². The summed E-state index contributed by atoms with van der Waals surface area (Å²) in [6, 6.07) is 2.92. The lowest BCUT2D eigenvalue weighted by molar-refractivity contribution is -0.384. The molecule has 0 aromatic carbocycles. The molecular weight excluding hydrogens is 260 g/mol. The molecule has 1 aromatic heterocycles. The molecule has 3 N–H and O–H groups in total. The van der Waals surface area contributed by atoms with E-state index in [0.29, 0.717) is 24.7 Å². The van der Waals surface area contributed by atoms with Crippen molar-refractivity contribution >= 4 is 17.3 Å². The third kappa shape index (κ3) is 4.32. The number of hydrogen-bond donors (Lipinski definition) is 2. The van der Waals surface area contributed by atoms with Crippen LogP contribution in [-0.4, -0.2) is 48.5 Å². The van der Waals surface area contributed by atoms with E-state index in [2.05, 4.69) is 10.4 Å².